The number of rotatable bonds is 9. The largest absolute Gasteiger partial charge is 0.478 e. The topological polar surface area (TPSA) is 123 Å². The lowest BCUT2D eigenvalue weighted by Crippen LogP contribution is -2.50. The minimum absolute atomic E-state index is 0.0736. The molecule has 0 aromatic heterocycles. The summed E-state index contributed by atoms with van der Waals surface area (Å²) in [5.41, 5.74) is 1.67. The van der Waals surface area contributed by atoms with E-state index in [4.69, 9.17) is 15.2 Å². The molecule has 0 aliphatic carbocycles. The molecule has 0 saturated heterocycles. The maximum absolute atomic E-state index is 11.4. The van der Waals surface area contributed by atoms with Gasteiger partial charge in [-0.05, 0) is 29.9 Å². The molecule has 9 heteroatoms. The molecule has 1 rings (SSSR count). The quantitative estimate of drug-likeness (QED) is 0.500. The molecule has 0 bridgehead atoms. The zero-order valence-corrected chi connectivity index (χ0v) is 12.3. The molecule has 0 spiro atoms. The Morgan fingerprint density at radius 1 is 1.27 bits per heavy atom. The summed E-state index contributed by atoms with van der Waals surface area (Å²) < 4.78 is 0. The maximum Gasteiger partial charge on any atom is 0.337 e. The Kier molecular flexibility index (Phi) is 6.73. The van der Waals surface area contributed by atoms with Crippen molar-refractivity contribution in [3.63, 3.8) is 0 Å². The van der Waals surface area contributed by atoms with E-state index in [1.54, 1.807) is 5.59 Å². The molecule has 0 unspecified atom stereocenters. The number of nitrogens with zero attached hydrogens (tertiary/aromatic N) is 2. The van der Waals surface area contributed by atoms with Crippen LogP contribution in [0.5, 0.6) is 0 Å². The predicted molar refractivity (Wildman–Crippen MR) is 76.4 cm³/mol. The van der Waals surface area contributed by atoms with Crippen molar-refractivity contribution in [3.8, 4) is 0 Å². The van der Waals surface area contributed by atoms with Crippen molar-refractivity contribution in [2.24, 2.45) is 0 Å². The van der Waals surface area contributed by atoms with Crippen LogP contribution in [0, 0.1) is 0 Å². The second-order valence-corrected chi connectivity index (χ2v) is 4.37. The second-order valence-electron chi connectivity index (χ2n) is 4.37. The van der Waals surface area contributed by atoms with Gasteiger partial charge in [-0.1, -0.05) is 18.9 Å². The first-order chi connectivity index (χ1) is 10.5. The Morgan fingerprint density at radius 2 is 1.95 bits per heavy atom. The van der Waals surface area contributed by atoms with E-state index in [1.165, 1.54) is 30.3 Å². The van der Waals surface area contributed by atoms with Crippen LogP contribution < -0.4 is 10.6 Å². The van der Waals surface area contributed by atoms with Crippen LogP contribution >= 0.6 is 0 Å². The van der Waals surface area contributed by atoms with Crippen LogP contribution in [-0.2, 0) is 4.84 Å². The molecule has 0 saturated carbocycles. The van der Waals surface area contributed by atoms with Crippen molar-refractivity contribution < 1.29 is 29.8 Å². The summed E-state index contributed by atoms with van der Waals surface area (Å²) in [7, 11) is 1.27. The normalized spacial score (nSPS) is 10.7. The fraction of sp³-hybridized carbons (Fsp3) is 0.385. The van der Waals surface area contributed by atoms with Crippen molar-refractivity contribution in [1.82, 2.24) is 10.9 Å². The average molecular weight is 313 g/mol. The summed E-state index contributed by atoms with van der Waals surface area (Å²) in [6.07, 6.45) is 1.47. The van der Waals surface area contributed by atoms with Gasteiger partial charge in [0.15, 0.2) is 0 Å². The smallest absolute Gasteiger partial charge is 0.337 e. The van der Waals surface area contributed by atoms with Crippen molar-refractivity contribution in [2.45, 2.75) is 19.8 Å². The molecule has 0 aliphatic heterocycles. The number of hydrogen-bond acceptors (Lipinski definition) is 7. The summed E-state index contributed by atoms with van der Waals surface area (Å²) in [6.45, 7) is 2.24. The van der Waals surface area contributed by atoms with Gasteiger partial charge in [0.25, 0.3) is 0 Å². The number of hydrazine groups is 2. The van der Waals surface area contributed by atoms with Gasteiger partial charge in [-0.25, -0.2) is 9.59 Å². The molecule has 0 aliphatic rings. The molecule has 0 atom stereocenters. The van der Waals surface area contributed by atoms with Gasteiger partial charge in [-0.15, -0.1) is 0 Å². The lowest BCUT2D eigenvalue weighted by Gasteiger charge is -2.33. The van der Waals surface area contributed by atoms with Gasteiger partial charge in [-0.3, -0.25) is 15.1 Å². The number of anilines is 1. The molecule has 1 aromatic carbocycles. The summed E-state index contributed by atoms with van der Waals surface area (Å²) in [5.74, 6) is -2.41. The highest BCUT2D eigenvalue weighted by molar-refractivity contribution is 5.97. The third-order valence-corrected chi connectivity index (χ3v) is 2.95. The first-order valence-electron chi connectivity index (χ1n) is 6.58. The number of carbonyl (C=O) groups is 2. The zero-order chi connectivity index (χ0) is 16.7. The third-order valence-electron chi connectivity index (χ3n) is 2.95. The minimum Gasteiger partial charge on any atom is -0.478 e. The fourth-order valence-electron chi connectivity index (χ4n) is 1.87. The summed E-state index contributed by atoms with van der Waals surface area (Å²) in [4.78, 5) is 27.4. The van der Waals surface area contributed by atoms with Crippen molar-refractivity contribution >= 4 is 17.6 Å². The molecule has 0 heterocycles. The average Bonchev–Trinajstić information content (AvgIpc) is 2.50. The van der Waals surface area contributed by atoms with Crippen LogP contribution in [0.15, 0.2) is 18.2 Å². The Balaban J connectivity index is 3.38. The van der Waals surface area contributed by atoms with Gasteiger partial charge in [0.05, 0.1) is 23.9 Å². The maximum atomic E-state index is 11.4. The van der Waals surface area contributed by atoms with Crippen LogP contribution in [0.1, 0.15) is 40.5 Å². The highest BCUT2D eigenvalue weighted by Gasteiger charge is 2.23. The molecule has 0 radical (unpaired) electrons. The van der Waals surface area contributed by atoms with E-state index in [1.807, 2.05) is 6.92 Å². The molecule has 22 heavy (non-hydrogen) atoms. The number of carboxylic acids is 2. The van der Waals surface area contributed by atoms with E-state index in [-0.39, 0.29) is 16.8 Å². The van der Waals surface area contributed by atoms with Gasteiger partial charge in [0, 0.05) is 6.54 Å². The Morgan fingerprint density at radius 3 is 2.41 bits per heavy atom. The minimum atomic E-state index is -1.22. The van der Waals surface area contributed by atoms with E-state index in [2.05, 4.69) is 0 Å². The Bertz CT molecular complexity index is 533. The molecule has 0 amide bonds. The van der Waals surface area contributed by atoms with Crippen molar-refractivity contribution in [1.29, 1.82) is 0 Å². The molecule has 122 valence electrons. The van der Waals surface area contributed by atoms with Crippen LogP contribution in [0.2, 0.25) is 0 Å². The fourth-order valence-corrected chi connectivity index (χ4v) is 1.87. The Labute approximate surface area is 127 Å². The highest BCUT2D eigenvalue weighted by Crippen LogP contribution is 2.24. The van der Waals surface area contributed by atoms with E-state index in [0.29, 0.717) is 13.0 Å². The standard InChI is InChI=1S/C13H19N3O6/c1-3-4-7-15(16(14-21)22-2)11-8-9(12(17)18)5-6-10(11)13(19)20/h5-6,8,14,21H,3-4,7H2,1-2H3,(H,17,18)(H,19,20). The lowest BCUT2D eigenvalue weighted by atomic mass is 10.1. The molecule has 0 fully saturated rings. The lowest BCUT2D eigenvalue weighted by molar-refractivity contribution is -0.247. The number of carboxylic acid groups (broad SMARTS) is 2. The molecule has 1 aromatic rings. The highest BCUT2D eigenvalue weighted by atomic mass is 16.8. The van der Waals surface area contributed by atoms with Crippen LogP contribution in [0.4, 0.5) is 5.69 Å². The molecular weight excluding hydrogens is 294 g/mol. The molecular formula is C13H19N3O6. The second kappa shape index (κ2) is 8.29. The summed E-state index contributed by atoms with van der Waals surface area (Å²) in [6, 6.07) is 3.62. The van der Waals surface area contributed by atoms with Gasteiger partial charge in [0.2, 0.25) is 0 Å². The van der Waals surface area contributed by atoms with Gasteiger partial charge in [-0.2, -0.15) is 0 Å². The van der Waals surface area contributed by atoms with E-state index in [0.717, 1.165) is 11.7 Å². The monoisotopic (exact) mass is 313 g/mol. The number of benzene rings is 1. The number of aromatic carboxylic acids is 2. The van der Waals surface area contributed by atoms with Crippen LogP contribution in [0.25, 0.3) is 0 Å². The number of hydrogen-bond donors (Lipinski definition) is 4. The summed E-state index contributed by atoms with van der Waals surface area (Å²) >= 11 is 0. The summed E-state index contributed by atoms with van der Waals surface area (Å²) in [5, 5.41) is 29.6. The van der Waals surface area contributed by atoms with Crippen molar-refractivity contribution in [3.05, 3.63) is 29.3 Å². The molecule has 9 nitrogen and oxygen atoms in total. The zero-order valence-electron chi connectivity index (χ0n) is 12.3. The molecule has 4 N–H and O–H groups in total. The number of nitrogens with one attached hydrogen (secondary N) is 1. The van der Waals surface area contributed by atoms with Gasteiger partial charge < -0.3 is 10.2 Å². The first-order valence-corrected chi connectivity index (χ1v) is 6.58. The van der Waals surface area contributed by atoms with E-state index < -0.39 is 11.9 Å². The van der Waals surface area contributed by atoms with Gasteiger partial charge >= 0.3 is 11.9 Å². The Hall–Kier alpha value is -2.20. The first kappa shape index (κ1) is 17.9. The predicted octanol–water partition coefficient (Wildman–Crippen LogP) is 1.36. The van der Waals surface area contributed by atoms with Gasteiger partial charge in [0.1, 0.15) is 0 Å². The SMILES string of the molecule is CCCCN(c1cc(C(=O)O)ccc1C(=O)O)N(NO)OC. The van der Waals surface area contributed by atoms with E-state index in [9.17, 15) is 14.7 Å². The van der Waals surface area contributed by atoms with E-state index >= 15 is 0 Å². The third kappa shape index (κ3) is 4.15. The van der Waals surface area contributed by atoms with Crippen LogP contribution in [0.3, 0.4) is 0 Å². The van der Waals surface area contributed by atoms with Crippen molar-refractivity contribution in [2.75, 3.05) is 18.7 Å². The van der Waals surface area contributed by atoms with Crippen LogP contribution in [-0.4, -0.2) is 46.3 Å². The number of unbranched alkanes of at least 4 members (excludes halogenated alkanes) is 1.